The van der Waals surface area contributed by atoms with Crippen LogP contribution in [0.15, 0.2) is 29.2 Å². The Labute approximate surface area is 170 Å². The molecule has 6 nitrogen and oxygen atoms in total. The lowest BCUT2D eigenvalue weighted by atomic mass is 9.92. The van der Waals surface area contributed by atoms with Crippen molar-refractivity contribution in [2.24, 2.45) is 11.7 Å². The van der Waals surface area contributed by atoms with E-state index in [1.165, 1.54) is 15.6 Å². The number of halogens is 1. The van der Waals surface area contributed by atoms with Gasteiger partial charge in [-0.2, -0.15) is 4.31 Å². The van der Waals surface area contributed by atoms with E-state index in [1.54, 1.807) is 31.2 Å². The largest absolute Gasteiger partial charge is 0.462 e. The maximum atomic E-state index is 13.0. The number of benzene rings is 1. The van der Waals surface area contributed by atoms with Crippen LogP contribution in [0.1, 0.15) is 36.4 Å². The number of nitrogens with zero attached hydrogens (tertiary/aromatic N) is 1. The van der Waals surface area contributed by atoms with Gasteiger partial charge in [0.05, 0.1) is 11.5 Å². The number of hydrogen-bond donors (Lipinski definition) is 1. The number of rotatable bonds is 5. The lowest BCUT2D eigenvalue weighted by Gasteiger charge is -2.32. The predicted molar refractivity (Wildman–Crippen MR) is 110 cm³/mol. The van der Waals surface area contributed by atoms with Crippen LogP contribution in [0.5, 0.6) is 0 Å². The van der Waals surface area contributed by atoms with Crippen LogP contribution in [-0.2, 0) is 14.8 Å². The Kier molecular flexibility index (Phi) is 7.27. The van der Waals surface area contributed by atoms with Crippen LogP contribution in [0.4, 0.5) is 0 Å². The summed E-state index contributed by atoms with van der Waals surface area (Å²) in [4.78, 5) is 12.6. The second-order valence-electron chi connectivity index (χ2n) is 6.63. The highest BCUT2D eigenvalue weighted by molar-refractivity contribution is 7.89. The molecule has 150 valence electrons. The Morgan fingerprint density at radius 1 is 1.33 bits per heavy atom. The molecule has 0 aliphatic carbocycles. The second-order valence-corrected chi connectivity index (χ2v) is 9.65. The van der Waals surface area contributed by atoms with Crippen molar-refractivity contribution in [3.63, 3.8) is 0 Å². The van der Waals surface area contributed by atoms with Gasteiger partial charge in [0, 0.05) is 23.8 Å². The Bertz CT molecular complexity index is 903. The van der Waals surface area contributed by atoms with E-state index in [-0.39, 0.29) is 29.3 Å². The van der Waals surface area contributed by atoms with Crippen LogP contribution in [0, 0.1) is 5.92 Å². The minimum atomic E-state index is -3.54. The van der Waals surface area contributed by atoms with Crippen LogP contribution in [0.3, 0.4) is 0 Å². The topological polar surface area (TPSA) is 89.7 Å². The number of sulfonamides is 1. The van der Waals surface area contributed by atoms with Crippen molar-refractivity contribution < 1.29 is 17.9 Å². The summed E-state index contributed by atoms with van der Waals surface area (Å²) in [6.07, 6.45) is 1.56. The summed E-state index contributed by atoms with van der Waals surface area (Å²) in [7, 11) is -3.54. The molecule has 3 rings (SSSR count). The van der Waals surface area contributed by atoms with Gasteiger partial charge in [0.25, 0.3) is 0 Å². The molecule has 1 aromatic heterocycles. The average molecular weight is 433 g/mol. The zero-order valence-electron chi connectivity index (χ0n) is 15.4. The molecule has 2 heterocycles. The maximum Gasteiger partial charge on any atom is 0.348 e. The average Bonchev–Trinajstić information content (AvgIpc) is 3.05. The van der Waals surface area contributed by atoms with Crippen molar-refractivity contribution in [3.05, 3.63) is 29.1 Å². The lowest BCUT2D eigenvalue weighted by Crippen LogP contribution is -2.42. The molecule has 0 saturated carbocycles. The molecular formula is C18H25ClN2O4S2. The van der Waals surface area contributed by atoms with E-state index in [4.69, 9.17) is 10.5 Å². The monoisotopic (exact) mass is 432 g/mol. The molecule has 0 radical (unpaired) electrons. The van der Waals surface area contributed by atoms with Gasteiger partial charge in [-0.05, 0) is 62.3 Å². The van der Waals surface area contributed by atoms with Gasteiger partial charge in [-0.3, -0.25) is 0 Å². The van der Waals surface area contributed by atoms with Gasteiger partial charge in [0.2, 0.25) is 10.0 Å². The first-order chi connectivity index (χ1) is 12.3. The number of carbonyl (C=O) groups excluding carboxylic acids is 1. The van der Waals surface area contributed by atoms with E-state index in [1.807, 2.05) is 6.92 Å². The summed E-state index contributed by atoms with van der Waals surface area (Å²) in [6, 6.07) is 6.79. The standard InChI is InChI=1S/C18H24N2O4S2.ClH/c1-3-24-18(21)17-11-14-10-15(4-5-16(14)25-17)26(22,23)20-8-6-13(7-9-20)12(2)19;/h4-5,10-13H,3,6-9,19H2,1-2H3;1H. The lowest BCUT2D eigenvalue weighted by molar-refractivity contribution is 0.0532. The van der Waals surface area contributed by atoms with Crippen molar-refractivity contribution in [1.29, 1.82) is 0 Å². The van der Waals surface area contributed by atoms with Crippen molar-refractivity contribution >= 4 is 49.8 Å². The first-order valence-corrected chi connectivity index (χ1v) is 11.0. The first-order valence-electron chi connectivity index (χ1n) is 8.79. The fourth-order valence-corrected chi connectivity index (χ4v) is 5.72. The number of hydrogen-bond acceptors (Lipinski definition) is 6. The number of nitrogens with two attached hydrogens (primary N) is 1. The van der Waals surface area contributed by atoms with Crippen molar-refractivity contribution in [2.75, 3.05) is 19.7 Å². The molecule has 2 N–H and O–H groups in total. The first kappa shape index (κ1) is 22.1. The highest BCUT2D eigenvalue weighted by Crippen LogP contribution is 2.31. The van der Waals surface area contributed by atoms with Gasteiger partial charge in [0.1, 0.15) is 4.88 Å². The van der Waals surface area contributed by atoms with Crippen molar-refractivity contribution in [2.45, 2.75) is 37.6 Å². The van der Waals surface area contributed by atoms with Crippen LogP contribution in [0.2, 0.25) is 0 Å². The SMILES string of the molecule is CCOC(=O)c1cc2cc(S(=O)(=O)N3CCC(C(C)N)CC3)ccc2s1.Cl. The van der Waals surface area contributed by atoms with Gasteiger partial charge in [-0.15, -0.1) is 23.7 Å². The van der Waals surface area contributed by atoms with Gasteiger partial charge in [-0.1, -0.05) is 0 Å². The minimum Gasteiger partial charge on any atom is -0.462 e. The number of piperidine rings is 1. The molecule has 1 unspecified atom stereocenters. The fraction of sp³-hybridized carbons (Fsp3) is 0.500. The van der Waals surface area contributed by atoms with E-state index in [2.05, 4.69) is 0 Å². The molecule has 27 heavy (non-hydrogen) atoms. The number of thiophene rings is 1. The van der Waals surface area contributed by atoms with E-state index >= 15 is 0 Å². The van der Waals surface area contributed by atoms with E-state index in [9.17, 15) is 13.2 Å². The van der Waals surface area contributed by atoms with Crippen molar-refractivity contribution in [3.8, 4) is 0 Å². The molecule has 1 fully saturated rings. The Morgan fingerprint density at radius 2 is 2.00 bits per heavy atom. The number of ether oxygens (including phenoxy) is 1. The van der Waals surface area contributed by atoms with Gasteiger partial charge < -0.3 is 10.5 Å². The summed E-state index contributed by atoms with van der Waals surface area (Å²) < 4.78 is 33.3. The number of esters is 1. The zero-order chi connectivity index (χ0) is 18.9. The molecule has 1 atom stereocenters. The van der Waals surface area contributed by atoms with E-state index in [0.717, 1.165) is 22.9 Å². The minimum absolute atomic E-state index is 0. The number of carbonyl (C=O) groups is 1. The maximum absolute atomic E-state index is 13.0. The summed E-state index contributed by atoms with van der Waals surface area (Å²) in [6.45, 7) is 5.02. The molecular weight excluding hydrogens is 408 g/mol. The number of fused-ring (bicyclic) bond motifs is 1. The second kappa shape index (κ2) is 8.87. The molecule has 1 aliphatic heterocycles. The Balaban J connectivity index is 0.00000261. The molecule has 0 bridgehead atoms. The summed E-state index contributed by atoms with van der Waals surface area (Å²) >= 11 is 1.31. The normalized spacial score (nSPS) is 17.4. The van der Waals surface area contributed by atoms with E-state index in [0.29, 0.717) is 30.5 Å². The summed E-state index contributed by atoms with van der Waals surface area (Å²) in [5, 5.41) is 0.740. The summed E-state index contributed by atoms with van der Waals surface area (Å²) in [5.41, 5.74) is 5.94. The molecule has 1 aliphatic rings. The van der Waals surface area contributed by atoms with Crippen LogP contribution < -0.4 is 5.73 Å². The molecule has 0 spiro atoms. The van der Waals surface area contributed by atoms with E-state index < -0.39 is 10.0 Å². The van der Waals surface area contributed by atoms with Crippen LogP contribution in [0.25, 0.3) is 10.1 Å². The summed E-state index contributed by atoms with van der Waals surface area (Å²) in [5.74, 6) is -0.0102. The zero-order valence-corrected chi connectivity index (χ0v) is 17.8. The fourth-order valence-electron chi connectivity index (χ4n) is 3.28. The third kappa shape index (κ3) is 4.63. The molecule has 1 aromatic carbocycles. The molecule has 1 saturated heterocycles. The molecule has 2 aromatic rings. The van der Waals surface area contributed by atoms with Crippen LogP contribution >= 0.6 is 23.7 Å². The highest BCUT2D eigenvalue weighted by Gasteiger charge is 2.30. The van der Waals surface area contributed by atoms with Crippen LogP contribution in [-0.4, -0.2) is 44.4 Å². The third-order valence-electron chi connectivity index (χ3n) is 4.84. The van der Waals surface area contributed by atoms with Gasteiger partial charge >= 0.3 is 5.97 Å². The highest BCUT2D eigenvalue weighted by atomic mass is 35.5. The molecule has 0 amide bonds. The Hall–Kier alpha value is -1.19. The third-order valence-corrected chi connectivity index (χ3v) is 7.84. The quantitative estimate of drug-likeness (QED) is 0.732. The smallest absolute Gasteiger partial charge is 0.348 e. The van der Waals surface area contributed by atoms with Crippen molar-refractivity contribution in [1.82, 2.24) is 4.31 Å². The molecule has 9 heteroatoms. The van der Waals surface area contributed by atoms with Gasteiger partial charge in [-0.25, -0.2) is 13.2 Å². The Morgan fingerprint density at radius 3 is 2.59 bits per heavy atom. The predicted octanol–water partition coefficient (Wildman–Crippen LogP) is 3.25. The van der Waals surface area contributed by atoms with Gasteiger partial charge in [0.15, 0.2) is 0 Å².